The fourth-order valence-electron chi connectivity index (χ4n) is 2.77. The van der Waals surface area contributed by atoms with E-state index < -0.39 is 23.1 Å². The van der Waals surface area contributed by atoms with Crippen LogP contribution in [0.4, 0.5) is 14.6 Å². The van der Waals surface area contributed by atoms with E-state index in [1.54, 1.807) is 17.9 Å². The van der Waals surface area contributed by atoms with Crippen molar-refractivity contribution < 1.29 is 13.6 Å². The molecule has 1 atom stereocenters. The van der Waals surface area contributed by atoms with Crippen LogP contribution >= 0.6 is 11.8 Å². The number of nitrogens with zero attached hydrogens (tertiary/aromatic N) is 2. The molecule has 2 heterocycles. The zero-order valence-electron chi connectivity index (χ0n) is 12.4. The van der Waals surface area contributed by atoms with Crippen molar-refractivity contribution in [3.05, 3.63) is 51.3 Å². The van der Waals surface area contributed by atoms with Gasteiger partial charge in [0.15, 0.2) is 16.8 Å². The van der Waals surface area contributed by atoms with Crippen molar-refractivity contribution in [1.82, 2.24) is 9.55 Å². The normalized spacial score (nSPS) is 16.9. The van der Waals surface area contributed by atoms with Gasteiger partial charge in [-0.05, 0) is 17.9 Å². The lowest BCUT2D eigenvalue weighted by Crippen LogP contribution is -2.33. The Labute approximate surface area is 134 Å². The number of carbonyl (C=O) groups is 1. The molecule has 0 aliphatic carbocycles. The zero-order chi connectivity index (χ0) is 16.7. The molecule has 120 valence electrons. The summed E-state index contributed by atoms with van der Waals surface area (Å²) in [5.41, 5.74) is -0.387. The predicted molar refractivity (Wildman–Crippen MR) is 82.7 cm³/mol. The quantitative estimate of drug-likeness (QED) is 0.674. The second kappa shape index (κ2) is 5.77. The Hall–Kier alpha value is -2.22. The fraction of sp³-hybridized carbons (Fsp3) is 0.267. The first-order valence-electron chi connectivity index (χ1n) is 6.82. The molecule has 5 nitrogen and oxygen atoms in total. The van der Waals surface area contributed by atoms with Gasteiger partial charge in [-0.2, -0.15) is 4.98 Å². The Kier molecular flexibility index (Phi) is 3.93. The third-order valence-corrected chi connectivity index (χ3v) is 4.57. The van der Waals surface area contributed by atoms with Crippen molar-refractivity contribution in [2.75, 3.05) is 11.6 Å². The average Bonchev–Trinajstić information content (AvgIpc) is 2.52. The number of amides is 1. The van der Waals surface area contributed by atoms with E-state index in [0.29, 0.717) is 5.16 Å². The summed E-state index contributed by atoms with van der Waals surface area (Å²) < 4.78 is 29.2. The van der Waals surface area contributed by atoms with Crippen molar-refractivity contribution in [2.45, 2.75) is 17.5 Å². The highest BCUT2D eigenvalue weighted by Crippen LogP contribution is 2.36. The van der Waals surface area contributed by atoms with Gasteiger partial charge in [0, 0.05) is 19.4 Å². The van der Waals surface area contributed by atoms with Gasteiger partial charge in [-0.3, -0.25) is 9.59 Å². The van der Waals surface area contributed by atoms with Crippen molar-refractivity contribution >= 4 is 23.5 Å². The fourth-order valence-corrected chi connectivity index (χ4v) is 3.31. The lowest BCUT2D eigenvalue weighted by molar-refractivity contribution is -0.116. The van der Waals surface area contributed by atoms with Gasteiger partial charge in [-0.15, -0.1) is 0 Å². The summed E-state index contributed by atoms with van der Waals surface area (Å²) in [7, 11) is 1.65. The number of halogens is 2. The van der Waals surface area contributed by atoms with Gasteiger partial charge in [0.25, 0.3) is 5.56 Å². The molecule has 2 aromatic rings. The molecule has 8 heteroatoms. The van der Waals surface area contributed by atoms with Gasteiger partial charge in [-0.25, -0.2) is 8.78 Å². The van der Waals surface area contributed by atoms with Crippen LogP contribution in [0.15, 0.2) is 28.2 Å². The molecule has 1 aliphatic rings. The summed E-state index contributed by atoms with van der Waals surface area (Å²) in [6.45, 7) is 0. The molecule has 3 rings (SSSR count). The van der Waals surface area contributed by atoms with Crippen LogP contribution in [0, 0.1) is 11.6 Å². The molecule has 0 spiro atoms. The van der Waals surface area contributed by atoms with Crippen molar-refractivity contribution in [3.8, 4) is 0 Å². The predicted octanol–water partition coefficient (Wildman–Crippen LogP) is 2.25. The first kappa shape index (κ1) is 15.7. The molecule has 0 radical (unpaired) electrons. The Morgan fingerprint density at radius 1 is 1.35 bits per heavy atom. The van der Waals surface area contributed by atoms with Gasteiger partial charge >= 0.3 is 0 Å². The zero-order valence-corrected chi connectivity index (χ0v) is 13.2. The van der Waals surface area contributed by atoms with Crippen LogP contribution in [0.5, 0.6) is 0 Å². The van der Waals surface area contributed by atoms with Gasteiger partial charge in [0.1, 0.15) is 5.82 Å². The largest absolute Gasteiger partial charge is 0.312 e. The number of carbonyl (C=O) groups excluding carboxylic acids is 1. The highest BCUT2D eigenvalue weighted by Gasteiger charge is 2.33. The molecule has 1 aliphatic heterocycles. The van der Waals surface area contributed by atoms with E-state index in [2.05, 4.69) is 10.3 Å². The SMILES string of the molecule is CSc1nc(=O)c2c(n1C)NC(=O)C[C@@H]2c1cccc(F)c1F. The van der Waals surface area contributed by atoms with Crippen molar-refractivity contribution in [1.29, 1.82) is 0 Å². The third kappa shape index (κ3) is 2.52. The number of hydrogen-bond donors (Lipinski definition) is 1. The number of rotatable bonds is 2. The first-order chi connectivity index (χ1) is 10.9. The summed E-state index contributed by atoms with van der Waals surface area (Å²) in [6.07, 6.45) is 1.62. The van der Waals surface area contributed by atoms with E-state index in [1.807, 2.05) is 0 Å². The molecule has 1 aromatic heterocycles. The van der Waals surface area contributed by atoms with Crippen LogP contribution in [0.3, 0.4) is 0 Å². The number of hydrogen-bond acceptors (Lipinski definition) is 4. The topological polar surface area (TPSA) is 64.0 Å². The monoisotopic (exact) mass is 337 g/mol. The maximum absolute atomic E-state index is 14.1. The van der Waals surface area contributed by atoms with Crippen LogP contribution in [-0.4, -0.2) is 21.7 Å². The van der Waals surface area contributed by atoms with Gasteiger partial charge in [-0.1, -0.05) is 23.9 Å². The van der Waals surface area contributed by atoms with Crippen LogP contribution < -0.4 is 10.9 Å². The first-order valence-corrected chi connectivity index (χ1v) is 8.05. The number of benzene rings is 1. The van der Waals surface area contributed by atoms with Gasteiger partial charge < -0.3 is 9.88 Å². The van der Waals surface area contributed by atoms with Gasteiger partial charge in [0.2, 0.25) is 5.91 Å². The number of anilines is 1. The Balaban J connectivity index is 2.28. The second-order valence-electron chi connectivity index (χ2n) is 5.17. The van der Waals surface area contributed by atoms with E-state index in [9.17, 15) is 18.4 Å². The van der Waals surface area contributed by atoms with Crippen molar-refractivity contribution in [2.24, 2.45) is 7.05 Å². The summed E-state index contributed by atoms with van der Waals surface area (Å²) in [5.74, 6) is -3.01. The average molecular weight is 337 g/mol. The number of thioether (sulfide) groups is 1. The highest BCUT2D eigenvalue weighted by molar-refractivity contribution is 7.98. The minimum absolute atomic E-state index is 0.0168. The molecule has 23 heavy (non-hydrogen) atoms. The molecule has 0 bridgehead atoms. The van der Waals surface area contributed by atoms with Crippen LogP contribution in [0.2, 0.25) is 0 Å². The second-order valence-corrected chi connectivity index (χ2v) is 5.95. The minimum Gasteiger partial charge on any atom is -0.312 e. The Bertz CT molecular complexity index is 867. The number of aromatic nitrogens is 2. The van der Waals surface area contributed by atoms with Crippen LogP contribution in [0.1, 0.15) is 23.5 Å². The molecule has 0 saturated carbocycles. The molecule has 0 fully saturated rings. The Morgan fingerprint density at radius 2 is 2.09 bits per heavy atom. The molecule has 0 saturated heterocycles. The molecule has 1 N–H and O–H groups in total. The highest BCUT2D eigenvalue weighted by atomic mass is 32.2. The smallest absolute Gasteiger partial charge is 0.279 e. The van der Waals surface area contributed by atoms with Crippen molar-refractivity contribution in [3.63, 3.8) is 0 Å². The Morgan fingerprint density at radius 3 is 2.78 bits per heavy atom. The molecule has 1 aromatic carbocycles. The minimum atomic E-state index is -1.05. The molecule has 1 amide bonds. The van der Waals surface area contributed by atoms with E-state index in [1.165, 1.54) is 23.9 Å². The molecule has 0 unspecified atom stereocenters. The number of fused-ring (bicyclic) bond motifs is 1. The lowest BCUT2D eigenvalue weighted by atomic mass is 9.86. The summed E-state index contributed by atoms with van der Waals surface area (Å²) >= 11 is 1.25. The van der Waals surface area contributed by atoms with Gasteiger partial charge in [0.05, 0.1) is 5.56 Å². The standard InChI is InChI=1S/C15H13F2N3O2S/c1-20-13-11(14(22)19-15(20)23-2)8(6-10(21)18-13)7-4-3-5-9(16)12(7)17/h3-5,8H,6H2,1-2H3,(H,18,21)/t8-/m1/s1. The molecular formula is C15H13F2N3O2S. The van der Waals surface area contributed by atoms with E-state index in [4.69, 9.17) is 0 Å². The lowest BCUT2D eigenvalue weighted by Gasteiger charge is -2.27. The number of nitrogens with one attached hydrogen (secondary N) is 1. The van der Waals surface area contributed by atoms with E-state index >= 15 is 0 Å². The third-order valence-electron chi connectivity index (χ3n) is 3.84. The summed E-state index contributed by atoms with van der Waals surface area (Å²) in [4.78, 5) is 28.3. The maximum Gasteiger partial charge on any atom is 0.279 e. The molecular weight excluding hydrogens is 324 g/mol. The van der Waals surface area contributed by atoms with Crippen LogP contribution in [0.25, 0.3) is 0 Å². The van der Waals surface area contributed by atoms with E-state index in [-0.39, 0.29) is 29.3 Å². The van der Waals surface area contributed by atoms with E-state index in [0.717, 1.165) is 6.07 Å². The maximum atomic E-state index is 14.1. The summed E-state index contributed by atoms with van der Waals surface area (Å²) in [5, 5.41) is 3.06. The summed E-state index contributed by atoms with van der Waals surface area (Å²) in [6, 6.07) is 3.73. The van der Waals surface area contributed by atoms with Crippen LogP contribution in [-0.2, 0) is 11.8 Å².